The lowest BCUT2D eigenvalue weighted by Gasteiger charge is -2.19. The zero-order chi connectivity index (χ0) is 18.2. The maximum Gasteiger partial charge on any atom is 0.261 e. The van der Waals surface area contributed by atoms with Crippen molar-refractivity contribution in [3.8, 4) is 0 Å². The van der Waals surface area contributed by atoms with Crippen LogP contribution in [0.5, 0.6) is 0 Å². The molecule has 7 heteroatoms. The number of hydrogen-bond donors (Lipinski definition) is 3. The number of amides is 1. The van der Waals surface area contributed by atoms with E-state index < -0.39 is 15.6 Å². The van der Waals surface area contributed by atoms with Crippen molar-refractivity contribution in [3.05, 3.63) is 59.2 Å². The predicted molar refractivity (Wildman–Crippen MR) is 95.0 cm³/mol. The Hall–Kier alpha value is -2.38. The van der Waals surface area contributed by atoms with Gasteiger partial charge in [-0.15, -0.1) is 0 Å². The zero-order valence-corrected chi connectivity index (χ0v) is 14.9. The fraction of sp³-hybridized carbons (Fsp3) is 0.278. The topological polar surface area (TPSA) is 95.5 Å². The Kier molecular flexibility index (Phi) is 4.30. The third kappa shape index (κ3) is 3.67. The highest BCUT2D eigenvalue weighted by Crippen LogP contribution is 2.25. The van der Waals surface area contributed by atoms with Crippen LogP contribution in [0.2, 0.25) is 0 Å². The van der Waals surface area contributed by atoms with Crippen molar-refractivity contribution in [3.63, 3.8) is 0 Å². The molecule has 0 fully saturated rings. The van der Waals surface area contributed by atoms with Gasteiger partial charge in [0.2, 0.25) is 0 Å². The number of rotatable bonds is 4. The van der Waals surface area contributed by atoms with Crippen molar-refractivity contribution in [1.29, 1.82) is 0 Å². The van der Waals surface area contributed by atoms with Crippen LogP contribution in [0, 0.1) is 0 Å². The number of fused-ring (bicyclic) bond motifs is 1. The van der Waals surface area contributed by atoms with E-state index in [4.69, 9.17) is 0 Å². The van der Waals surface area contributed by atoms with Gasteiger partial charge >= 0.3 is 0 Å². The SMILES string of the molecule is CC(C)(O)c1cccc(NS(=O)(=O)c2ccc3c(c2)C(=O)NCC3)c1. The van der Waals surface area contributed by atoms with Crippen LogP contribution in [0.25, 0.3) is 0 Å². The number of benzene rings is 2. The number of carbonyl (C=O) groups is 1. The minimum Gasteiger partial charge on any atom is -0.386 e. The van der Waals surface area contributed by atoms with Gasteiger partial charge in [0.1, 0.15) is 0 Å². The van der Waals surface area contributed by atoms with Crippen LogP contribution in [0.15, 0.2) is 47.4 Å². The van der Waals surface area contributed by atoms with E-state index in [0.29, 0.717) is 29.8 Å². The van der Waals surface area contributed by atoms with Crippen LogP contribution >= 0.6 is 0 Å². The molecule has 0 aliphatic carbocycles. The highest BCUT2D eigenvalue weighted by atomic mass is 32.2. The highest BCUT2D eigenvalue weighted by Gasteiger charge is 2.22. The van der Waals surface area contributed by atoms with Crippen LogP contribution in [-0.2, 0) is 22.0 Å². The highest BCUT2D eigenvalue weighted by molar-refractivity contribution is 7.92. The summed E-state index contributed by atoms with van der Waals surface area (Å²) in [5.74, 6) is -0.262. The molecule has 3 rings (SSSR count). The third-order valence-corrected chi connectivity index (χ3v) is 5.52. The second-order valence-electron chi connectivity index (χ2n) is 6.57. The smallest absolute Gasteiger partial charge is 0.261 e. The zero-order valence-electron chi connectivity index (χ0n) is 14.0. The molecule has 132 valence electrons. The second kappa shape index (κ2) is 6.16. The fourth-order valence-corrected chi connectivity index (χ4v) is 3.81. The fourth-order valence-electron chi connectivity index (χ4n) is 2.74. The summed E-state index contributed by atoms with van der Waals surface area (Å²) in [6.45, 7) is 3.81. The summed E-state index contributed by atoms with van der Waals surface area (Å²) in [4.78, 5) is 11.9. The Morgan fingerprint density at radius 2 is 1.92 bits per heavy atom. The molecular formula is C18H20N2O4S. The Bertz CT molecular complexity index is 930. The first-order chi connectivity index (χ1) is 11.7. The predicted octanol–water partition coefficient (Wildman–Crippen LogP) is 2.00. The average Bonchev–Trinajstić information content (AvgIpc) is 2.54. The Labute approximate surface area is 146 Å². The van der Waals surface area contributed by atoms with Gasteiger partial charge in [-0.05, 0) is 55.7 Å². The lowest BCUT2D eigenvalue weighted by molar-refractivity contribution is 0.0786. The maximum atomic E-state index is 12.6. The maximum absolute atomic E-state index is 12.6. The van der Waals surface area contributed by atoms with Crippen LogP contribution in [0.3, 0.4) is 0 Å². The Morgan fingerprint density at radius 1 is 1.16 bits per heavy atom. The van der Waals surface area contributed by atoms with Crippen LogP contribution in [0.1, 0.15) is 35.3 Å². The molecule has 0 saturated carbocycles. The van der Waals surface area contributed by atoms with Gasteiger partial charge in [0.15, 0.2) is 0 Å². The van der Waals surface area contributed by atoms with Crippen molar-refractivity contribution in [2.75, 3.05) is 11.3 Å². The lowest BCUT2D eigenvalue weighted by atomic mass is 9.98. The van der Waals surface area contributed by atoms with E-state index in [1.807, 2.05) is 0 Å². The molecule has 0 spiro atoms. The standard InChI is InChI=1S/C18H20N2O4S/c1-18(2,22)13-4-3-5-14(10-13)20-25(23,24)15-7-6-12-8-9-19-17(21)16(12)11-15/h3-7,10-11,20,22H,8-9H2,1-2H3,(H,19,21). The molecule has 0 atom stereocenters. The van der Waals surface area contributed by atoms with Crippen LogP contribution < -0.4 is 10.0 Å². The molecule has 6 nitrogen and oxygen atoms in total. The Balaban J connectivity index is 1.93. The number of hydrogen-bond acceptors (Lipinski definition) is 4. The largest absolute Gasteiger partial charge is 0.386 e. The first-order valence-corrected chi connectivity index (χ1v) is 9.42. The molecule has 0 unspecified atom stereocenters. The first kappa shape index (κ1) is 17.4. The van der Waals surface area contributed by atoms with Gasteiger partial charge in [-0.3, -0.25) is 9.52 Å². The quantitative estimate of drug-likeness (QED) is 0.777. The molecule has 0 saturated heterocycles. The number of sulfonamides is 1. The van der Waals surface area contributed by atoms with Gasteiger partial charge in [-0.1, -0.05) is 18.2 Å². The van der Waals surface area contributed by atoms with E-state index in [1.54, 1.807) is 44.2 Å². The summed E-state index contributed by atoms with van der Waals surface area (Å²) < 4.78 is 27.8. The van der Waals surface area contributed by atoms with E-state index in [-0.39, 0.29) is 10.8 Å². The van der Waals surface area contributed by atoms with Gasteiger partial charge in [-0.2, -0.15) is 0 Å². The summed E-state index contributed by atoms with van der Waals surface area (Å²) in [5.41, 5.74) is 1.09. The summed E-state index contributed by atoms with van der Waals surface area (Å²) in [6, 6.07) is 11.2. The number of carbonyl (C=O) groups excluding carboxylic acids is 1. The lowest BCUT2D eigenvalue weighted by Crippen LogP contribution is -2.32. The van der Waals surface area contributed by atoms with Gasteiger partial charge in [0, 0.05) is 17.8 Å². The molecule has 1 aliphatic heterocycles. The molecule has 25 heavy (non-hydrogen) atoms. The van der Waals surface area contributed by atoms with E-state index >= 15 is 0 Å². The minimum atomic E-state index is -3.84. The molecule has 0 aromatic heterocycles. The molecule has 1 amide bonds. The molecule has 0 bridgehead atoms. The molecule has 1 aliphatic rings. The van der Waals surface area contributed by atoms with Gasteiger partial charge in [0.25, 0.3) is 15.9 Å². The average molecular weight is 360 g/mol. The number of nitrogens with one attached hydrogen (secondary N) is 2. The molecule has 0 radical (unpaired) electrons. The van der Waals surface area contributed by atoms with Crippen molar-refractivity contribution in [1.82, 2.24) is 5.32 Å². The second-order valence-corrected chi connectivity index (χ2v) is 8.25. The summed E-state index contributed by atoms with van der Waals surface area (Å²) >= 11 is 0. The van der Waals surface area contributed by atoms with Crippen LogP contribution in [-0.4, -0.2) is 26.0 Å². The van der Waals surface area contributed by atoms with E-state index in [1.165, 1.54) is 12.1 Å². The summed E-state index contributed by atoms with van der Waals surface area (Å²) in [6.07, 6.45) is 0.683. The van der Waals surface area contributed by atoms with Crippen LogP contribution in [0.4, 0.5) is 5.69 Å². The molecular weight excluding hydrogens is 340 g/mol. The number of anilines is 1. The van der Waals surface area contributed by atoms with E-state index in [0.717, 1.165) is 5.56 Å². The third-order valence-electron chi connectivity index (χ3n) is 4.14. The van der Waals surface area contributed by atoms with Gasteiger partial charge in [-0.25, -0.2) is 8.42 Å². The van der Waals surface area contributed by atoms with E-state index in [9.17, 15) is 18.3 Å². The van der Waals surface area contributed by atoms with E-state index in [2.05, 4.69) is 10.0 Å². The monoisotopic (exact) mass is 360 g/mol. The Morgan fingerprint density at radius 3 is 2.64 bits per heavy atom. The number of aliphatic hydroxyl groups is 1. The van der Waals surface area contributed by atoms with Crippen molar-refractivity contribution >= 4 is 21.6 Å². The normalized spacial score (nSPS) is 14.6. The van der Waals surface area contributed by atoms with Gasteiger partial charge < -0.3 is 10.4 Å². The molecule has 1 heterocycles. The first-order valence-electron chi connectivity index (χ1n) is 7.94. The summed E-state index contributed by atoms with van der Waals surface area (Å²) in [5, 5.41) is 12.8. The van der Waals surface area contributed by atoms with Gasteiger partial charge in [0.05, 0.1) is 10.5 Å². The van der Waals surface area contributed by atoms with Crippen molar-refractivity contribution in [2.24, 2.45) is 0 Å². The van der Waals surface area contributed by atoms with Crippen molar-refractivity contribution in [2.45, 2.75) is 30.8 Å². The van der Waals surface area contributed by atoms with Crippen molar-refractivity contribution < 1.29 is 18.3 Å². The molecule has 3 N–H and O–H groups in total. The summed E-state index contributed by atoms with van der Waals surface area (Å²) in [7, 11) is -3.84. The molecule has 2 aromatic rings. The minimum absolute atomic E-state index is 0.0250. The molecule has 2 aromatic carbocycles.